The van der Waals surface area contributed by atoms with E-state index in [9.17, 15) is 9.18 Å². The summed E-state index contributed by atoms with van der Waals surface area (Å²) in [5, 5.41) is 2.82. The third-order valence-corrected chi connectivity index (χ3v) is 3.47. The van der Waals surface area contributed by atoms with Gasteiger partial charge in [-0.3, -0.25) is 4.79 Å². The van der Waals surface area contributed by atoms with Gasteiger partial charge in [0, 0.05) is 23.9 Å². The second-order valence-electron chi connectivity index (χ2n) is 5.36. The smallest absolute Gasteiger partial charge is 0.270 e. The largest absolute Gasteiger partial charge is 0.347 e. The summed E-state index contributed by atoms with van der Waals surface area (Å²) in [5.41, 5.74) is 2.59. The van der Waals surface area contributed by atoms with E-state index in [-0.39, 0.29) is 11.7 Å². The first kappa shape index (κ1) is 16.4. The Balaban J connectivity index is 1.63. The van der Waals surface area contributed by atoms with E-state index in [1.807, 2.05) is 30.3 Å². The van der Waals surface area contributed by atoms with Gasteiger partial charge in [-0.1, -0.05) is 48.2 Å². The molecule has 1 heterocycles. The van der Waals surface area contributed by atoms with Gasteiger partial charge >= 0.3 is 0 Å². The number of hydrogen-bond acceptors (Lipinski definition) is 2. The predicted octanol–water partition coefficient (Wildman–Crippen LogP) is 3.55. The molecule has 1 amide bonds. The van der Waals surface area contributed by atoms with Gasteiger partial charge in [0.2, 0.25) is 0 Å². The minimum absolute atomic E-state index is 0.242. The molecule has 3 aromatic rings. The van der Waals surface area contributed by atoms with E-state index in [1.54, 1.807) is 24.3 Å². The van der Waals surface area contributed by atoms with Gasteiger partial charge in [0.25, 0.3) is 5.91 Å². The van der Waals surface area contributed by atoms with Gasteiger partial charge in [-0.2, -0.15) is 0 Å². The number of halogens is 1. The summed E-state index contributed by atoms with van der Waals surface area (Å²) in [6.07, 6.45) is 1.53. The molecule has 2 aromatic carbocycles. The Morgan fingerprint density at radius 3 is 2.48 bits per heavy atom. The molecule has 3 rings (SSSR count). The summed E-state index contributed by atoms with van der Waals surface area (Å²) >= 11 is 0. The summed E-state index contributed by atoms with van der Waals surface area (Å²) in [4.78, 5) is 16.2. The first-order chi connectivity index (χ1) is 12.2. The minimum Gasteiger partial charge on any atom is -0.347 e. The van der Waals surface area contributed by atoms with Gasteiger partial charge in [-0.05, 0) is 35.9 Å². The van der Waals surface area contributed by atoms with Crippen LogP contribution in [0, 0.1) is 17.7 Å². The molecule has 1 N–H and O–H groups in total. The molecule has 0 atom stereocenters. The number of hydrogen-bond donors (Lipinski definition) is 1. The summed E-state index contributed by atoms with van der Waals surface area (Å²) < 4.78 is 13.1. The van der Waals surface area contributed by atoms with Gasteiger partial charge in [0.15, 0.2) is 0 Å². The van der Waals surface area contributed by atoms with Crippen molar-refractivity contribution in [3.8, 4) is 11.8 Å². The Labute approximate surface area is 145 Å². The van der Waals surface area contributed by atoms with E-state index in [1.165, 1.54) is 18.3 Å². The Kier molecular flexibility index (Phi) is 5.18. The topological polar surface area (TPSA) is 42.0 Å². The molecule has 1 aromatic heterocycles. The SMILES string of the molecule is O=C(NCc1ccccc1)c1ccc(C#Cc2cccc(F)c2)cn1. The van der Waals surface area contributed by atoms with Gasteiger partial charge in [0.1, 0.15) is 11.5 Å². The summed E-state index contributed by atoms with van der Waals surface area (Å²) in [5.74, 6) is 5.20. The molecule has 0 fully saturated rings. The first-order valence-electron chi connectivity index (χ1n) is 7.76. The highest BCUT2D eigenvalue weighted by atomic mass is 19.1. The molecular weight excluding hydrogens is 315 g/mol. The van der Waals surface area contributed by atoms with E-state index in [0.717, 1.165) is 5.56 Å². The fraction of sp³-hybridized carbons (Fsp3) is 0.0476. The average molecular weight is 330 g/mol. The van der Waals surface area contributed by atoms with Gasteiger partial charge < -0.3 is 5.32 Å². The zero-order valence-corrected chi connectivity index (χ0v) is 13.4. The van der Waals surface area contributed by atoms with Crippen molar-refractivity contribution >= 4 is 5.91 Å². The zero-order chi connectivity index (χ0) is 17.5. The standard InChI is InChI=1S/C21H15FN2O/c22-19-8-4-7-16(13-19)9-10-18-11-12-20(23-14-18)21(25)24-15-17-5-2-1-3-6-17/h1-8,11-14H,15H2,(H,24,25). The Morgan fingerprint density at radius 2 is 1.76 bits per heavy atom. The molecule has 0 spiro atoms. The summed E-state index contributed by atoms with van der Waals surface area (Å²) in [6, 6.07) is 19.1. The predicted molar refractivity (Wildman–Crippen MR) is 94.2 cm³/mol. The van der Waals surface area contributed by atoms with Crippen molar-refractivity contribution in [3.63, 3.8) is 0 Å². The maximum Gasteiger partial charge on any atom is 0.270 e. The highest BCUT2D eigenvalue weighted by Crippen LogP contribution is 2.04. The van der Waals surface area contributed by atoms with Crippen molar-refractivity contribution in [1.29, 1.82) is 0 Å². The Bertz CT molecular complexity index is 925. The number of pyridine rings is 1. The van der Waals surface area contributed by atoms with Crippen LogP contribution in [-0.2, 0) is 6.54 Å². The lowest BCUT2D eigenvalue weighted by atomic mass is 10.2. The van der Waals surface area contributed by atoms with Crippen molar-refractivity contribution in [3.05, 3.63) is 101 Å². The molecular formula is C21H15FN2O. The second-order valence-corrected chi connectivity index (χ2v) is 5.36. The Morgan fingerprint density at radius 1 is 0.960 bits per heavy atom. The van der Waals surface area contributed by atoms with Crippen LogP contribution in [0.3, 0.4) is 0 Å². The zero-order valence-electron chi connectivity index (χ0n) is 13.4. The first-order valence-corrected chi connectivity index (χ1v) is 7.76. The van der Waals surface area contributed by atoms with Crippen LogP contribution in [0.15, 0.2) is 72.9 Å². The highest BCUT2D eigenvalue weighted by Gasteiger charge is 2.06. The van der Waals surface area contributed by atoms with Crippen molar-refractivity contribution < 1.29 is 9.18 Å². The molecule has 0 radical (unpaired) electrons. The number of carbonyl (C=O) groups excluding carboxylic acids is 1. The molecule has 0 saturated carbocycles. The van der Waals surface area contributed by atoms with E-state index in [4.69, 9.17) is 0 Å². The molecule has 0 aliphatic rings. The molecule has 0 saturated heterocycles. The number of aromatic nitrogens is 1. The normalized spacial score (nSPS) is 9.80. The molecule has 0 aliphatic heterocycles. The molecule has 4 heteroatoms. The van der Waals surface area contributed by atoms with Crippen molar-refractivity contribution in [2.75, 3.05) is 0 Å². The monoisotopic (exact) mass is 330 g/mol. The van der Waals surface area contributed by atoms with Crippen LogP contribution in [-0.4, -0.2) is 10.9 Å². The molecule has 0 aliphatic carbocycles. The maximum atomic E-state index is 13.1. The van der Waals surface area contributed by atoms with Crippen LogP contribution in [0.4, 0.5) is 4.39 Å². The Hall–Kier alpha value is -3.45. The van der Waals surface area contributed by atoms with Gasteiger partial charge in [0.05, 0.1) is 0 Å². The fourth-order valence-electron chi connectivity index (χ4n) is 2.18. The summed E-state index contributed by atoms with van der Waals surface area (Å²) in [6.45, 7) is 0.447. The number of nitrogens with zero attached hydrogens (tertiary/aromatic N) is 1. The van der Waals surface area contributed by atoms with Crippen LogP contribution in [0.1, 0.15) is 27.2 Å². The number of rotatable bonds is 3. The number of benzene rings is 2. The molecule has 0 bridgehead atoms. The van der Waals surface area contributed by atoms with E-state index in [0.29, 0.717) is 23.4 Å². The van der Waals surface area contributed by atoms with Gasteiger partial charge in [-0.15, -0.1) is 0 Å². The molecule has 3 nitrogen and oxygen atoms in total. The third kappa shape index (κ3) is 4.76. The number of amides is 1. The van der Waals surface area contributed by atoms with E-state index < -0.39 is 0 Å². The van der Waals surface area contributed by atoms with Crippen LogP contribution < -0.4 is 5.32 Å². The van der Waals surface area contributed by atoms with Crippen LogP contribution >= 0.6 is 0 Å². The third-order valence-electron chi connectivity index (χ3n) is 3.47. The fourth-order valence-corrected chi connectivity index (χ4v) is 2.18. The van der Waals surface area contributed by atoms with E-state index in [2.05, 4.69) is 22.1 Å². The second kappa shape index (κ2) is 7.89. The minimum atomic E-state index is -0.324. The van der Waals surface area contributed by atoms with Gasteiger partial charge in [-0.25, -0.2) is 9.37 Å². The summed E-state index contributed by atoms with van der Waals surface area (Å²) in [7, 11) is 0. The van der Waals surface area contributed by atoms with Crippen molar-refractivity contribution in [2.45, 2.75) is 6.54 Å². The number of carbonyl (C=O) groups is 1. The quantitative estimate of drug-likeness (QED) is 0.746. The molecule has 0 unspecified atom stereocenters. The lowest BCUT2D eigenvalue weighted by Gasteiger charge is -2.04. The number of nitrogens with one attached hydrogen (secondary N) is 1. The molecule has 122 valence electrons. The maximum absolute atomic E-state index is 13.1. The highest BCUT2D eigenvalue weighted by molar-refractivity contribution is 5.92. The lowest BCUT2D eigenvalue weighted by molar-refractivity contribution is 0.0946. The van der Waals surface area contributed by atoms with Crippen LogP contribution in [0.2, 0.25) is 0 Å². The van der Waals surface area contributed by atoms with Crippen molar-refractivity contribution in [1.82, 2.24) is 10.3 Å². The van der Waals surface area contributed by atoms with Crippen LogP contribution in [0.5, 0.6) is 0 Å². The van der Waals surface area contributed by atoms with Crippen molar-refractivity contribution in [2.24, 2.45) is 0 Å². The average Bonchev–Trinajstić information content (AvgIpc) is 2.66. The van der Waals surface area contributed by atoms with E-state index >= 15 is 0 Å². The molecule has 25 heavy (non-hydrogen) atoms. The van der Waals surface area contributed by atoms with Crippen LogP contribution in [0.25, 0.3) is 0 Å². The lowest BCUT2D eigenvalue weighted by Crippen LogP contribution is -2.23.